The van der Waals surface area contributed by atoms with Gasteiger partial charge in [0.25, 0.3) is 0 Å². The van der Waals surface area contributed by atoms with Crippen molar-refractivity contribution in [3.63, 3.8) is 0 Å². The van der Waals surface area contributed by atoms with Crippen LogP contribution in [0.1, 0.15) is 36.5 Å². The van der Waals surface area contributed by atoms with Crippen molar-refractivity contribution in [3.8, 4) is 5.75 Å². The number of carbonyl (C=O) groups is 1. The zero-order valence-electron chi connectivity index (χ0n) is 14.0. The summed E-state index contributed by atoms with van der Waals surface area (Å²) in [5.74, 6) is 0.407. The molecule has 0 saturated carbocycles. The summed E-state index contributed by atoms with van der Waals surface area (Å²) in [7, 11) is 0.487. The van der Waals surface area contributed by atoms with Crippen LogP contribution in [0.2, 0.25) is 5.02 Å². The topological polar surface area (TPSA) is 35.5 Å². The first-order valence-corrected chi connectivity index (χ1v) is 9.65. The Labute approximate surface area is 168 Å². The SMILES string of the molecule is CCCCCOP(c1ccccc1)c1cc(Cl)c(OC)c(C=O)c1.[LiH]. The third kappa shape index (κ3) is 6.14. The number of hydrogen-bond acceptors (Lipinski definition) is 3. The third-order valence-electron chi connectivity index (χ3n) is 3.58. The second kappa shape index (κ2) is 11.7. The summed E-state index contributed by atoms with van der Waals surface area (Å²) in [5.41, 5.74) is 0.445. The van der Waals surface area contributed by atoms with Crippen LogP contribution < -0.4 is 15.3 Å². The number of rotatable bonds is 9. The van der Waals surface area contributed by atoms with Gasteiger partial charge in [0.2, 0.25) is 0 Å². The van der Waals surface area contributed by atoms with E-state index in [2.05, 4.69) is 6.92 Å². The molecular formula is C19H23ClLiO3P. The molecule has 130 valence electrons. The van der Waals surface area contributed by atoms with E-state index in [-0.39, 0.29) is 18.9 Å². The maximum atomic E-state index is 11.4. The Morgan fingerprint density at radius 3 is 2.44 bits per heavy atom. The van der Waals surface area contributed by atoms with Gasteiger partial charge in [-0.15, -0.1) is 0 Å². The number of methoxy groups -OCH3 is 1. The molecule has 2 rings (SSSR count). The zero-order chi connectivity index (χ0) is 17.4. The standard InChI is InChI=1S/C19H22ClO3P.Li.H/c1-3-4-8-11-23-24(16-9-6-5-7-10-16)17-12-15(14-21)19(22-2)18(20)13-17;;/h5-7,9-10,12-14H,3-4,8,11H2,1-2H3;;. The van der Waals surface area contributed by atoms with Crippen LogP contribution in [0.3, 0.4) is 0 Å². The van der Waals surface area contributed by atoms with Gasteiger partial charge in [-0.25, -0.2) is 0 Å². The summed E-state index contributed by atoms with van der Waals surface area (Å²) in [5, 5.41) is 2.44. The normalized spacial score (nSPS) is 11.5. The summed E-state index contributed by atoms with van der Waals surface area (Å²) in [4.78, 5) is 11.4. The van der Waals surface area contributed by atoms with Crippen molar-refractivity contribution in [2.24, 2.45) is 0 Å². The molecule has 1 atom stereocenters. The fourth-order valence-electron chi connectivity index (χ4n) is 2.39. The first kappa shape index (κ1) is 22.2. The number of carbonyl (C=O) groups excluding carboxylic acids is 1. The molecule has 2 aromatic carbocycles. The molecule has 0 aliphatic heterocycles. The number of halogens is 1. The summed E-state index contributed by atoms with van der Waals surface area (Å²) in [6, 6.07) is 13.7. The minimum atomic E-state index is -1.02. The van der Waals surface area contributed by atoms with Gasteiger partial charge in [-0.2, -0.15) is 0 Å². The minimum absolute atomic E-state index is 0. The van der Waals surface area contributed by atoms with Crippen LogP contribution in [-0.2, 0) is 4.52 Å². The zero-order valence-corrected chi connectivity index (χ0v) is 15.6. The van der Waals surface area contributed by atoms with Crippen molar-refractivity contribution in [3.05, 3.63) is 53.1 Å². The monoisotopic (exact) mass is 372 g/mol. The summed E-state index contributed by atoms with van der Waals surface area (Å²) in [6.45, 7) is 2.86. The van der Waals surface area contributed by atoms with E-state index in [0.29, 0.717) is 22.9 Å². The molecule has 0 N–H and O–H groups in total. The fraction of sp³-hybridized carbons (Fsp3) is 0.316. The molecule has 0 bridgehead atoms. The Kier molecular flexibility index (Phi) is 10.4. The Bertz CT molecular complexity index is 667. The van der Waals surface area contributed by atoms with Gasteiger partial charge in [0.1, 0.15) is 5.75 Å². The predicted octanol–water partition coefficient (Wildman–Crippen LogP) is 4.07. The Morgan fingerprint density at radius 2 is 1.84 bits per heavy atom. The number of ether oxygens (including phenoxy) is 1. The Balaban J connectivity index is 0.00000312. The van der Waals surface area contributed by atoms with Gasteiger partial charge in [0.05, 0.1) is 32.5 Å². The van der Waals surface area contributed by atoms with Gasteiger partial charge in [-0.1, -0.05) is 61.7 Å². The van der Waals surface area contributed by atoms with Crippen LogP contribution in [0, 0.1) is 0 Å². The first-order chi connectivity index (χ1) is 11.7. The van der Waals surface area contributed by atoms with Crippen molar-refractivity contribution < 1.29 is 14.1 Å². The predicted molar refractivity (Wildman–Crippen MR) is 109 cm³/mol. The van der Waals surface area contributed by atoms with E-state index in [1.165, 1.54) is 7.11 Å². The Morgan fingerprint density at radius 1 is 1.12 bits per heavy atom. The van der Waals surface area contributed by atoms with Gasteiger partial charge in [-0.05, 0) is 18.6 Å². The van der Waals surface area contributed by atoms with Crippen molar-refractivity contribution >= 4 is 55.5 Å². The molecule has 25 heavy (non-hydrogen) atoms. The maximum absolute atomic E-state index is 11.4. The molecular weight excluding hydrogens is 350 g/mol. The number of aldehydes is 1. The molecule has 0 aliphatic carbocycles. The summed E-state index contributed by atoms with van der Waals surface area (Å²) >= 11 is 6.30. The number of benzene rings is 2. The van der Waals surface area contributed by atoms with Gasteiger partial charge in [0.15, 0.2) is 6.29 Å². The van der Waals surface area contributed by atoms with E-state index in [0.717, 1.165) is 36.2 Å². The van der Waals surface area contributed by atoms with Crippen LogP contribution in [0.4, 0.5) is 0 Å². The van der Waals surface area contributed by atoms with E-state index < -0.39 is 8.15 Å². The molecule has 0 fully saturated rings. The second-order valence-corrected chi connectivity index (χ2v) is 7.63. The van der Waals surface area contributed by atoms with Gasteiger partial charge in [0, 0.05) is 10.6 Å². The summed E-state index contributed by atoms with van der Waals surface area (Å²) in [6.07, 6.45) is 4.08. The first-order valence-electron chi connectivity index (χ1n) is 8.02. The number of hydrogen-bond donors (Lipinski definition) is 0. The van der Waals surface area contributed by atoms with Crippen LogP contribution in [0.15, 0.2) is 42.5 Å². The van der Waals surface area contributed by atoms with Crippen molar-refractivity contribution in [2.45, 2.75) is 26.2 Å². The molecule has 2 aromatic rings. The van der Waals surface area contributed by atoms with Crippen LogP contribution in [-0.4, -0.2) is 38.9 Å². The van der Waals surface area contributed by atoms with Crippen LogP contribution in [0.5, 0.6) is 5.75 Å². The molecule has 1 unspecified atom stereocenters. The number of unbranched alkanes of at least 4 members (excludes halogenated alkanes) is 2. The summed E-state index contributed by atoms with van der Waals surface area (Å²) < 4.78 is 11.4. The molecule has 0 spiro atoms. The molecule has 0 aliphatic rings. The van der Waals surface area contributed by atoms with E-state index in [1.54, 1.807) is 0 Å². The molecule has 0 radical (unpaired) electrons. The molecule has 6 heteroatoms. The Hall–Kier alpha value is -0.813. The van der Waals surface area contributed by atoms with Crippen molar-refractivity contribution in [1.29, 1.82) is 0 Å². The average molecular weight is 373 g/mol. The van der Waals surface area contributed by atoms with E-state index in [1.807, 2.05) is 42.5 Å². The third-order valence-corrected chi connectivity index (χ3v) is 5.80. The van der Waals surface area contributed by atoms with Gasteiger partial charge in [-0.3, -0.25) is 4.79 Å². The van der Waals surface area contributed by atoms with Gasteiger partial charge >= 0.3 is 18.9 Å². The molecule has 3 nitrogen and oxygen atoms in total. The molecule has 0 heterocycles. The van der Waals surface area contributed by atoms with E-state index >= 15 is 0 Å². The molecule has 0 amide bonds. The van der Waals surface area contributed by atoms with E-state index in [4.69, 9.17) is 20.9 Å². The van der Waals surface area contributed by atoms with Crippen molar-refractivity contribution in [2.75, 3.05) is 13.7 Å². The molecule has 0 aromatic heterocycles. The fourth-order valence-corrected chi connectivity index (χ4v) is 4.62. The molecule has 0 saturated heterocycles. The van der Waals surface area contributed by atoms with Crippen molar-refractivity contribution in [1.82, 2.24) is 0 Å². The average Bonchev–Trinajstić information content (AvgIpc) is 2.61. The van der Waals surface area contributed by atoms with Crippen LogP contribution in [0.25, 0.3) is 0 Å². The second-order valence-electron chi connectivity index (χ2n) is 5.34. The quantitative estimate of drug-likeness (QED) is 0.288. The van der Waals surface area contributed by atoms with Gasteiger partial charge < -0.3 is 9.26 Å². The van der Waals surface area contributed by atoms with Crippen LogP contribution >= 0.6 is 19.7 Å². The van der Waals surface area contributed by atoms with E-state index in [9.17, 15) is 4.79 Å².